The number of hydrogen-bond donors (Lipinski definition) is 2. The van der Waals surface area contributed by atoms with Gasteiger partial charge in [-0.05, 0) is 48.5 Å². The van der Waals surface area contributed by atoms with Gasteiger partial charge in [0, 0.05) is 32.3 Å². The van der Waals surface area contributed by atoms with Gasteiger partial charge in [-0.25, -0.2) is 4.98 Å². The molecule has 166 valence electrons. The Kier molecular flexibility index (Phi) is 5.88. The van der Waals surface area contributed by atoms with Crippen LogP contribution < -0.4 is 5.32 Å². The fourth-order valence-electron chi connectivity index (χ4n) is 3.65. The molecule has 5 aromatic rings. The highest BCUT2D eigenvalue weighted by Crippen LogP contribution is 2.26. The number of ketones is 1. The predicted octanol–water partition coefficient (Wildman–Crippen LogP) is 7.02. The van der Waals surface area contributed by atoms with Gasteiger partial charge >= 0.3 is 0 Å². The molecule has 5 nitrogen and oxygen atoms in total. The molecule has 1 aromatic heterocycles. The van der Waals surface area contributed by atoms with Crippen molar-refractivity contribution in [2.24, 2.45) is 0 Å². The van der Waals surface area contributed by atoms with Gasteiger partial charge < -0.3 is 10.3 Å². The minimum Gasteiger partial charge on any atom is -0.338 e. The SMILES string of the molecule is O=C(Nc1ccc(Cl)cc1C(=O)c1ccccc1)c1ccc(-c2nc3ccc(Cl)cc3[nH]2)cc1. The molecule has 0 aliphatic rings. The number of amides is 1. The summed E-state index contributed by atoms with van der Waals surface area (Å²) >= 11 is 12.2. The second-order valence-electron chi connectivity index (χ2n) is 7.66. The van der Waals surface area contributed by atoms with E-state index in [2.05, 4.69) is 15.3 Å². The smallest absolute Gasteiger partial charge is 0.255 e. The summed E-state index contributed by atoms with van der Waals surface area (Å²) in [5.41, 5.74) is 4.14. The van der Waals surface area contributed by atoms with Crippen molar-refractivity contribution in [3.63, 3.8) is 0 Å². The topological polar surface area (TPSA) is 74.8 Å². The summed E-state index contributed by atoms with van der Waals surface area (Å²) in [6, 6.07) is 26.2. The van der Waals surface area contributed by atoms with Crippen LogP contribution in [0.3, 0.4) is 0 Å². The fraction of sp³-hybridized carbons (Fsp3) is 0. The molecular weight excluding hydrogens is 469 g/mol. The molecule has 1 heterocycles. The first-order chi connectivity index (χ1) is 16.5. The maximum Gasteiger partial charge on any atom is 0.255 e. The zero-order valence-corrected chi connectivity index (χ0v) is 19.2. The predicted molar refractivity (Wildman–Crippen MR) is 136 cm³/mol. The summed E-state index contributed by atoms with van der Waals surface area (Å²) in [7, 11) is 0. The van der Waals surface area contributed by atoms with Crippen molar-refractivity contribution in [3.05, 3.63) is 118 Å². The van der Waals surface area contributed by atoms with Gasteiger partial charge in [0.2, 0.25) is 0 Å². The third-order valence-electron chi connectivity index (χ3n) is 5.37. The van der Waals surface area contributed by atoms with Crippen molar-refractivity contribution in [2.45, 2.75) is 0 Å². The highest BCUT2D eigenvalue weighted by molar-refractivity contribution is 6.31. The Labute approximate surface area is 205 Å². The third kappa shape index (κ3) is 4.44. The molecule has 0 radical (unpaired) electrons. The Balaban J connectivity index is 1.39. The average Bonchev–Trinajstić information content (AvgIpc) is 3.28. The molecule has 0 aliphatic carbocycles. The number of halogens is 2. The lowest BCUT2D eigenvalue weighted by molar-refractivity contribution is 0.102. The van der Waals surface area contributed by atoms with Crippen LogP contribution in [0.4, 0.5) is 5.69 Å². The first-order valence-corrected chi connectivity index (χ1v) is 11.2. The summed E-state index contributed by atoms with van der Waals surface area (Å²) in [4.78, 5) is 33.8. The van der Waals surface area contributed by atoms with Gasteiger partial charge in [-0.3, -0.25) is 9.59 Å². The highest BCUT2D eigenvalue weighted by Gasteiger charge is 2.17. The molecule has 2 N–H and O–H groups in total. The van der Waals surface area contributed by atoms with Crippen LogP contribution >= 0.6 is 23.2 Å². The number of carbonyl (C=O) groups excluding carboxylic acids is 2. The van der Waals surface area contributed by atoms with Gasteiger partial charge in [0.25, 0.3) is 5.91 Å². The van der Waals surface area contributed by atoms with E-state index in [-0.39, 0.29) is 11.7 Å². The lowest BCUT2D eigenvalue weighted by atomic mass is 10.0. The maximum absolute atomic E-state index is 13.0. The molecule has 0 saturated heterocycles. The Morgan fingerprint density at radius 3 is 2.24 bits per heavy atom. The standard InChI is InChI=1S/C27H17Cl2N3O2/c28-19-10-12-22(21(14-19)25(33)16-4-2-1-3-5-16)32-27(34)18-8-6-17(7-9-18)26-30-23-13-11-20(29)15-24(23)31-26/h1-15H,(H,30,31)(H,32,34). The summed E-state index contributed by atoms with van der Waals surface area (Å²) < 4.78 is 0. The maximum atomic E-state index is 13.0. The molecule has 4 aromatic carbocycles. The molecule has 0 fully saturated rings. The molecular formula is C27H17Cl2N3O2. The summed E-state index contributed by atoms with van der Waals surface area (Å²) in [6.07, 6.45) is 0. The second kappa shape index (κ2) is 9.14. The van der Waals surface area contributed by atoms with Gasteiger partial charge in [0.15, 0.2) is 5.78 Å². The molecule has 0 bridgehead atoms. The van der Waals surface area contributed by atoms with Crippen molar-refractivity contribution >= 4 is 51.6 Å². The number of benzene rings is 4. The summed E-state index contributed by atoms with van der Waals surface area (Å²) in [5.74, 6) is 0.115. The van der Waals surface area contributed by atoms with E-state index < -0.39 is 0 Å². The minimum absolute atomic E-state index is 0.223. The quantitative estimate of drug-likeness (QED) is 0.262. The zero-order chi connectivity index (χ0) is 23.7. The molecule has 1 amide bonds. The Hall–Kier alpha value is -3.93. The van der Waals surface area contributed by atoms with E-state index in [1.165, 1.54) is 0 Å². The van der Waals surface area contributed by atoms with Crippen LogP contribution in [0.2, 0.25) is 10.0 Å². The fourth-order valence-corrected chi connectivity index (χ4v) is 4.00. The van der Waals surface area contributed by atoms with Crippen molar-refractivity contribution in [1.29, 1.82) is 0 Å². The zero-order valence-electron chi connectivity index (χ0n) is 17.7. The number of anilines is 1. The Morgan fingerprint density at radius 2 is 1.47 bits per heavy atom. The highest BCUT2D eigenvalue weighted by atomic mass is 35.5. The van der Waals surface area contributed by atoms with Gasteiger partial charge in [-0.15, -0.1) is 0 Å². The largest absolute Gasteiger partial charge is 0.338 e. The van der Waals surface area contributed by atoms with E-state index in [1.807, 2.05) is 30.3 Å². The van der Waals surface area contributed by atoms with Crippen molar-refractivity contribution in [1.82, 2.24) is 9.97 Å². The number of imidazole rings is 1. The first kappa shape index (κ1) is 21.9. The number of fused-ring (bicyclic) bond motifs is 1. The van der Waals surface area contributed by atoms with Crippen LogP contribution in [-0.2, 0) is 0 Å². The van der Waals surface area contributed by atoms with Crippen LogP contribution in [0.5, 0.6) is 0 Å². The number of nitrogens with one attached hydrogen (secondary N) is 2. The van der Waals surface area contributed by atoms with Crippen molar-refractivity contribution in [3.8, 4) is 11.4 Å². The average molecular weight is 486 g/mol. The number of aromatic nitrogens is 2. The number of hydrogen-bond acceptors (Lipinski definition) is 3. The molecule has 7 heteroatoms. The van der Waals surface area contributed by atoms with Crippen LogP contribution in [-0.4, -0.2) is 21.7 Å². The van der Waals surface area contributed by atoms with Gasteiger partial charge in [-0.1, -0.05) is 65.7 Å². The third-order valence-corrected chi connectivity index (χ3v) is 5.85. The van der Waals surface area contributed by atoms with Gasteiger partial charge in [0.05, 0.1) is 16.7 Å². The van der Waals surface area contributed by atoms with E-state index in [4.69, 9.17) is 23.2 Å². The summed E-state index contributed by atoms with van der Waals surface area (Å²) in [6.45, 7) is 0. The molecule has 0 spiro atoms. The number of H-pyrrole nitrogens is 1. The van der Waals surface area contributed by atoms with Crippen LogP contribution in [0, 0.1) is 0 Å². The second-order valence-corrected chi connectivity index (χ2v) is 8.54. The van der Waals surface area contributed by atoms with Crippen LogP contribution in [0.1, 0.15) is 26.3 Å². The first-order valence-electron chi connectivity index (χ1n) is 10.4. The number of rotatable bonds is 5. The lowest BCUT2D eigenvalue weighted by Gasteiger charge is -2.11. The monoisotopic (exact) mass is 485 g/mol. The van der Waals surface area contributed by atoms with Gasteiger partial charge in [0.1, 0.15) is 5.82 Å². The number of carbonyl (C=O) groups is 2. The van der Waals surface area contributed by atoms with Crippen LogP contribution in [0.15, 0.2) is 91.0 Å². The minimum atomic E-state index is -0.340. The normalized spacial score (nSPS) is 10.9. The molecule has 5 rings (SSSR count). The Morgan fingerprint density at radius 1 is 0.765 bits per heavy atom. The van der Waals surface area contributed by atoms with E-state index in [9.17, 15) is 9.59 Å². The lowest BCUT2D eigenvalue weighted by Crippen LogP contribution is -2.15. The van der Waals surface area contributed by atoms with Crippen LogP contribution in [0.25, 0.3) is 22.4 Å². The van der Waals surface area contributed by atoms with Gasteiger partial charge in [-0.2, -0.15) is 0 Å². The summed E-state index contributed by atoms with van der Waals surface area (Å²) in [5, 5.41) is 3.87. The molecule has 0 aliphatic heterocycles. The number of nitrogens with zero attached hydrogens (tertiary/aromatic N) is 1. The van der Waals surface area contributed by atoms with E-state index in [0.29, 0.717) is 38.2 Å². The van der Waals surface area contributed by atoms with E-state index in [1.54, 1.807) is 60.7 Å². The van der Waals surface area contributed by atoms with Crippen molar-refractivity contribution in [2.75, 3.05) is 5.32 Å². The number of aromatic amines is 1. The Bertz CT molecular complexity index is 1530. The van der Waals surface area contributed by atoms with E-state index >= 15 is 0 Å². The van der Waals surface area contributed by atoms with Crippen molar-refractivity contribution < 1.29 is 9.59 Å². The molecule has 0 saturated carbocycles. The molecule has 34 heavy (non-hydrogen) atoms. The molecule has 0 unspecified atom stereocenters. The molecule has 0 atom stereocenters. The van der Waals surface area contributed by atoms with E-state index in [0.717, 1.165) is 16.6 Å².